The predicted molar refractivity (Wildman–Crippen MR) is 61.0 cm³/mol. The number of rotatable bonds is 2. The highest BCUT2D eigenvalue weighted by molar-refractivity contribution is 8.01. The summed E-state index contributed by atoms with van der Waals surface area (Å²) in [6.07, 6.45) is 1.93. The number of esters is 1. The third kappa shape index (κ3) is 3.70. The number of halogens is 1. The highest BCUT2D eigenvalue weighted by Gasteiger charge is 2.33. The smallest absolute Gasteiger partial charge is 0.319 e. The molecule has 0 amide bonds. The Balaban J connectivity index is 2.40. The average molecular weight is 237 g/mol. The summed E-state index contributed by atoms with van der Waals surface area (Å²) in [6, 6.07) is 0. The summed E-state index contributed by atoms with van der Waals surface area (Å²) in [5.74, 6) is 0.541. The number of thioether (sulfide) groups is 1. The van der Waals surface area contributed by atoms with E-state index in [0.717, 1.165) is 12.8 Å². The van der Waals surface area contributed by atoms with Gasteiger partial charge >= 0.3 is 5.97 Å². The zero-order valence-corrected chi connectivity index (χ0v) is 10.5. The Morgan fingerprint density at radius 3 is 2.57 bits per heavy atom. The molecule has 2 nitrogen and oxygen atoms in total. The van der Waals surface area contributed by atoms with Crippen LogP contribution in [0.1, 0.15) is 33.6 Å². The van der Waals surface area contributed by atoms with Crippen molar-refractivity contribution in [1.29, 1.82) is 0 Å². The summed E-state index contributed by atoms with van der Waals surface area (Å²) in [4.78, 5) is 11.6. The first kappa shape index (κ1) is 12.2. The SMILES string of the molecule is CC(C)(C)OC(=O)[C@@H]1CC[C@@H](CCl)S1. The van der Waals surface area contributed by atoms with Crippen LogP contribution in [-0.2, 0) is 9.53 Å². The predicted octanol–water partition coefficient (Wildman–Crippen LogP) is 2.83. The number of hydrogen-bond acceptors (Lipinski definition) is 3. The molecule has 0 aliphatic carbocycles. The molecular weight excluding hydrogens is 220 g/mol. The van der Waals surface area contributed by atoms with Crippen molar-refractivity contribution in [3.8, 4) is 0 Å². The van der Waals surface area contributed by atoms with Gasteiger partial charge in [0.1, 0.15) is 10.9 Å². The van der Waals surface area contributed by atoms with E-state index in [1.54, 1.807) is 11.8 Å². The van der Waals surface area contributed by atoms with E-state index in [2.05, 4.69) is 0 Å². The molecule has 1 aliphatic heterocycles. The van der Waals surface area contributed by atoms with E-state index >= 15 is 0 Å². The normalized spacial score (nSPS) is 27.7. The Hall–Kier alpha value is 0.110. The number of alkyl halides is 1. The molecule has 0 aromatic carbocycles. The maximum Gasteiger partial charge on any atom is 0.319 e. The van der Waals surface area contributed by atoms with Crippen LogP contribution in [0.4, 0.5) is 0 Å². The Morgan fingerprint density at radius 2 is 2.14 bits per heavy atom. The first-order valence-corrected chi connectivity index (χ1v) is 6.34. The fourth-order valence-corrected chi connectivity index (χ4v) is 2.97. The van der Waals surface area contributed by atoms with Crippen molar-refractivity contribution in [2.45, 2.75) is 49.7 Å². The lowest BCUT2D eigenvalue weighted by molar-refractivity contribution is -0.154. The van der Waals surface area contributed by atoms with Crippen LogP contribution < -0.4 is 0 Å². The summed E-state index contributed by atoms with van der Waals surface area (Å²) in [5, 5.41) is 0.423. The lowest BCUT2D eigenvalue weighted by Gasteiger charge is -2.21. The highest BCUT2D eigenvalue weighted by Crippen LogP contribution is 2.35. The molecule has 0 spiro atoms. The van der Waals surface area contributed by atoms with Gasteiger partial charge in [0.05, 0.1) is 0 Å². The van der Waals surface area contributed by atoms with Crippen molar-refractivity contribution >= 4 is 29.3 Å². The summed E-state index contributed by atoms with van der Waals surface area (Å²) in [6.45, 7) is 5.68. The average Bonchev–Trinajstić information content (AvgIpc) is 2.48. The Labute approximate surface area is 94.7 Å². The second-order valence-electron chi connectivity index (χ2n) is 4.51. The summed E-state index contributed by atoms with van der Waals surface area (Å²) in [7, 11) is 0. The first-order chi connectivity index (χ1) is 6.42. The second-order valence-corrected chi connectivity index (χ2v) is 6.33. The van der Waals surface area contributed by atoms with E-state index in [-0.39, 0.29) is 16.8 Å². The van der Waals surface area contributed by atoms with Gasteiger partial charge in [-0.3, -0.25) is 4.79 Å². The molecule has 1 rings (SSSR count). The number of carbonyl (C=O) groups is 1. The molecule has 0 aromatic rings. The summed E-state index contributed by atoms with van der Waals surface area (Å²) >= 11 is 7.39. The Kier molecular flexibility index (Phi) is 4.14. The van der Waals surface area contributed by atoms with Gasteiger partial charge in [0.2, 0.25) is 0 Å². The molecule has 0 N–H and O–H groups in total. The molecule has 1 aliphatic rings. The van der Waals surface area contributed by atoms with Gasteiger partial charge in [-0.05, 0) is 33.6 Å². The highest BCUT2D eigenvalue weighted by atomic mass is 35.5. The van der Waals surface area contributed by atoms with Gasteiger partial charge in [-0.1, -0.05) is 0 Å². The topological polar surface area (TPSA) is 26.3 Å². The molecule has 0 saturated carbocycles. The Morgan fingerprint density at radius 1 is 1.50 bits per heavy atom. The van der Waals surface area contributed by atoms with Crippen LogP contribution in [0.3, 0.4) is 0 Å². The van der Waals surface area contributed by atoms with E-state index < -0.39 is 0 Å². The molecular formula is C10H17ClO2S. The largest absolute Gasteiger partial charge is 0.459 e. The van der Waals surface area contributed by atoms with Crippen LogP contribution >= 0.6 is 23.4 Å². The van der Waals surface area contributed by atoms with Gasteiger partial charge in [-0.15, -0.1) is 23.4 Å². The first-order valence-electron chi connectivity index (χ1n) is 4.86. The minimum absolute atomic E-state index is 0.00188. The second kappa shape index (κ2) is 4.75. The molecule has 0 bridgehead atoms. The van der Waals surface area contributed by atoms with E-state index in [1.165, 1.54) is 0 Å². The molecule has 82 valence electrons. The molecule has 4 heteroatoms. The third-order valence-electron chi connectivity index (χ3n) is 1.95. The van der Waals surface area contributed by atoms with Crippen molar-refractivity contribution in [1.82, 2.24) is 0 Å². The number of carbonyl (C=O) groups excluding carboxylic acids is 1. The van der Waals surface area contributed by atoms with Crippen molar-refractivity contribution in [3.63, 3.8) is 0 Å². The monoisotopic (exact) mass is 236 g/mol. The van der Waals surface area contributed by atoms with Gasteiger partial charge in [0.15, 0.2) is 0 Å². The van der Waals surface area contributed by atoms with E-state index in [0.29, 0.717) is 11.1 Å². The third-order valence-corrected chi connectivity index (χ3v) is 4.05. The molecule has 2 atom stereocenters. The van der Waals surface area contributed by atoms with E-state index in [9.17, 15) is 4.79 Å². The molecule has 1 saturated heterocycles. The van der Waals surface area contributed by atoms with Crippen molar-refractivity contribution in [3.05, 3.63) is 0 Å². The van der Waals surface area contributed by atoms with Crippen LogP contribution in [0.25, 0.3) is 0 Å². The van der Waals surface area contributed by atoms with E-state index in [1.807, 2.05) is 20.8 Å². The lowest BCUT2D eigenvalue weighted by Crippen LogP contribution is -2.29. The maximum atomic E-state index is 11.6. The maximum absolute atomic E-state index is 11.6. The zero-order chi connectivity index (χ0) is 10.8. The molecule has 1 heterocycles. The van der Waals surface area contributed by atoms with Crippen LogP contribution in [-0.4, -0.2) is 28.0 Å². The molecule has 14 heavy (non-hydrogen) atoms. The fraction of sp³-hybridized carbons (Fsp3) is 0.900. The zero-order valence-electron chi connectivity index (χ0n) is 8.88. The summed E-state index contributed by atoms with van der Waals surface area (Å²) in [5.41, 5.74) is -0.378. The number of hydrogen-bond donors (Lipinski definition) is 0. The van der Waals surface area contributed by atoms with Crippen LogP contribution in [0.2, 0.25) is 0 Å². The van der Waals surface area contributed by atoms with Gasteiger partial charge in [-0.2, -0.15) is 0 Å². The lowest BCUT2D eigenvalue weighted by atomic mass is 10.2. The minimum atomic E-state index is -0.378. The molecule has 1 fully saturated rings. The van der Waals surface area contributed by atoms with Crippen LogP contribution in [0.15, 0.2) is 0 Å². The quantitative estimate of drug-likeness (QED) is 0.545. The van der Waals surface area contributed by atoms with E-state index in [4.69, 9.17) is 16.3 Å². The minimum Gasteiger partial charge on any atom is -0.459 e. The Bertz CT molecular complexity index is 213. The standard InChI is InChI=1S/C10H17ClO2S/c1-10(2,3)13-9(12)8-5-4-7(6-11)14-8/h7-8H,4-6H2,1-3H3/t7-,8-/m0/s1. The van der Waals surface area contributed by atoms with Crippen molar-refractivity contribution in [2.75, 3.05) is 5.88 Å². The van der Waals surface area contributed by atoms with Gasteiger partial charge in [0.25, 0.3) is 0 Å². The van der Waals surface area contributed by atoms with Gasteiger partial charge in [-0.25, -0.2) is 0 Å². The fourth-order valence-electron chi connectivity index (χ4n) is 1.36. The van der Waals surface area contributed by atoms with Crippen molar-refractivity contribution in [2.24, 2.45) is 0 Å². The number of ether oxygens (including phenoxy) is 1. The van der Waals surface area contributed by atoms with Crippen molar-refractivity contribution < 1.29 is 9.53 Å². The molecule has 0 unspecified atom stereocenters. The summed E-state index contributed by atoms with van der Waals surface area (Å²) < 4.78 is 5.31. The molecule has 0 aromatic heterocycles. The van der Waals surface area contributed by atoms with Gasteiger partial charge < -0.3 is 4.74 Å². The van der Waals surface area contributed by atoms with Crippen LogP contribution in [0, 0.1) is 0 Å². The van der Waals surface area contributed by atoms with Crippen LogP contribution in [0.5, 0.6) is 0 Å². The van der Waals surface area contributed by atoms with Gasteiger partial charge in [0, 0.05) is 11.1 Å². The molecule has 0 radical (unpaired) electrons.